The van der Waals surface area contributed by atoms with Crippen LogP contribution in [-0.2, 0) is 13.1 Å². The first-order chi connectivity index (χ1) is 18.5. The highest BCUT2D eigenvalue weighted by Crippen LogP contribution is 2.34. The van der Waals surface area contributed by atoms with Gasteiger partial charge in [-0.3, -0.25) is 18.7 Å². The number of hydrogen-bond acceptors (Lipinski definition) is 9. The van der Waals surface area contributed by atoms with Gasteiger partial charge in [0.15, 0.2) is 17.3 Å². The van der Waals surface area contributed by atoms with Crippen LogP contribution in [0.2, 0.25) is 0 Å². The average molecular weight is 512 g/mol. The summed E-state index contributed by atoms with van der Waals surface area (Å²) >= 11 is 0. The largest absolute Gasteiger partial charge is 0.497 e. The molecule has 1 aliphatic rings. The lowest BCUT2D eigenvalue weighted by molar-refractivity contribution is 0.0971. The fourth-order valence-electron chi connectivity index (χ4n) is 4.29. The van der Waals surface area contributed by atoms with E-state index >= 15 is 0 Å². The minimum absolute atomic E-state index is 0.0168. The highest BCUT2D eigenvalue weighted by Gasteiger charge is 2.23. The Morgan fingerprint density at radius 1 is 0.974 bits per heavy atom. The first kappa shape index (κ1) is 23.2. The monoisotopic (exact) mass is 512 g/mol. The van der Waals surface area contributed by atoms with E-state index in [1.165, 1.54) is 23.8 Å². The van der Waals surface area contributed by atoms with Crippen LogP contribution < -0.4 is 25.5 Å². The number of nitrogens with zero attached hydrogens (tertiary/aromatic N) is 4. The Balaban J connectivity index is 1.46. The number of Topliss-reactive ketones (excluding diaryl/α,β-unsaturated/α-hetero) is 1. The molecule has 0 amide bonds. The zero-order valence-corrected chi connectivity index (χ0v) is 20.1. The first-order valence-corrected chi connectivity index (χ1v) is 11.6. The second-order valence-electron chi connectivity index (χ2n) is 8.52. The van der Waals surface area contributed by atoms with Crippen molar-refractivity contribution in [3.63, 3.8) is 0 Å². The molecule has 190 valence electrons. The average Bonchev–Trinajstić information content (AvgIpc) is 3.62. The summed E-state index contributed by atoms with van der Waals surface area (Å²) in [6.07, 6.45) is 0. The summed E-state index contributed by atoms with van der Waals surface area (Å²) in [6, 6.07) is 18.8. The predicted octanol–water partition coefficient (Wildman–Crippen LogP) is 2.88. The van der Waals surface area contributed by atoms with Crippen molar-refractivity contribution in [1.29, 1.82) is 0 Å². The van der Waals surface area contributed by atoms with E-state index < -0.39 is 11.2 Å². The molecule has 2 aromatic heterocycles. The second kappa shape index (κ2) is 9.36. The number of rotatable bonds is 7. The summed E-state index contributed by atoms with van der Waals surface area (Å²) in [6.45, 7) is -0.631. The molecule has 0 N–H and O–H groups in total. The fourth-order valence-corrected chi connectivity index (χ4v) is 4.29. The number of methoxy groups -OCH3 is 1. The van der Waals surface area contributed by atoms with E-state index in [4.69, 9.17) is 18.7 Å². The van der Waals surface area contributed by atoms with Crippen molar-refractivity contribution in [2.24, 2.45) is 0 Å². The third-order valence-electron chi connectivity index (χ3n) is 6.21. The quantitative estimate of drug-likeness (QED) is 0.302. The van der Waals surface area contributed by atoms with Gasteiger partial charge >= 0.3 is 5.69 Å². The smallest absolute Gasteiger partial charge is 0.332 e. The van der Waals surface area contributed by atoms with Crippen LogP contribution in [0.25, 0.3) is 22.3 Å². The van der Waals surface area contributed by atoms with Crippen LogP contribution in [0.5, 0.6) is 17.2 Å². The molecule has 0 spiro atoms. The van der Waals surface area contributed by atoms with E-state index in [0.29, 0.717) is 28.6 Å². The summed E-state index contributed by atoms with van der Waals surface area (Å²) in [5.74, 6) is 1.29. The summed E-state index contributed by atoms with van der Waals surface area (Å²) < 4.78 is 23.6. The molecule has 0 saturated heterocycles. The number of ketones is 1. The van der Waals surface area contributed by atoms with Gasteiger partial charge in [-0.15, -0.1) is 0 Å². The van der Waals surface area contributed by atoms with E-state index in [9.17, 15) is 14.4 Å². The van der Waals surface area contributed by atoms with Crippen LogP contribution in [0.4, 0.5) is 0 Å². The molecule has 1 aliphatic heterocycles. The number of carbonyl (C=O) groups excluding carboxylic acids is 1. The molecule has 0 radical (unpaired) electrons. The lowest BCUT2D eigenvalue weighted by Crippen LogP contribution is -2.41. The molecule has 0 unspecified atom stereocenters. The Morgan fingerprint density at radius 3 is 2.55 bits per heavy atom. The van der Waals surface area contributed by atoms with Gasteiger partial charge in [-0.05, 0) is 18.2 Å². The number of ether oxygens (including phenoxy) is 3. The van der Waals surface area contributed by atoms with Gasteiger partial charge in [-0.2, -0.15) is 4.98 Å². The van der Waals surface area contributed by atoms with Gasteiger partial charge in [0, 0.05) is 17.2 Å². The molecule has 0 bridgehead atoms. The molecule has 38 heavy (non-hydrogen) atoms. The number of fused-ring (bicyclic) bond motifs is 2. The Labute approximate surface area is 214 Å². The molecular formula is C27H20N4O7. The van der Waals surface area contributed by atoms with Crippen LogP contribution >= 0.6 is 0 Å². The molecule has 6 rings (SSSR count). The molecule has 0 atom stereocenters. The predicted molar refractivity (Wildman–Crippen MR) is 135 cm³/mol. The van der Waals surface area contributed by atoms with Crippen LogP contribution in [0, 0.1) is 0 Å². The maximum Gasteiger partial charge on any atom is 0.332 e. The Morgan fingerprint density at radius 2 is 1.76 bits per heavy atom. The van der Waals surface area contributed by atoms with Crippen LogP contribution in [-0.4, -0.2) is 39.0 Å². The van der Waals surface area contributed by atoms with Crippen molar-refractivity contribution < 1.29 is 23.5 Å². The lowest BCUT2D eigenvalue weighted by atomic mass is 10.1. The maximum absolute atomic E-state index is 13.7. The van der Waals surface area contributed by atoms with Gasteiger partial charge in [-0.25, -0.2) is 4.79 Å². The second-order valence-corrected chi connectivity index (χ2v) is 8.52. The van der Waals surface area contributed by atoms with Gasteiger partial charge in [0.2, 0.25) is 18.5 Å². The van der Waals surface area contributed by atoms with Crippen molar-refractivity contribution >= 4 is 16.7 Å². The molecule has 3 aromatic carbocycles. The molecule has 0 saturated carbocycles. The first-order valence-electron chi connectivity index (χ1n) is 11.6. The van der Waals surface area contributed by atoms with Gasteiger partial charge in [0.05, 0.1) is 24.6 Å². The van der Waals surface area contributed by atoms with Crippen LogP contribution in [0.15, 0.2) is 80.8 Å². The van der Waals surface area contributed by atoms with E-state index in [1.807, 2.05) is 30.3 Å². The fraction of sp³-hybridized carbons (Fsp3) is 0.148. The highest BCUT2D eigenvalue weighted by molar-refractivity contribution is 5.97. The van der Waals surface area contributed by atoms with E-state index in [2.05, 4.69) is 10.1 Å². The Bertz CT molecular complexity index is 1800. The molecule has 3 heterocycles. The van der Waals surface area contributed by atoms with Gasteiger partial charge in [-0.1, -0.05) is 47.6 Å². The van der Waals surface area contributed by atoms with Crippen LogP contribution in [0.1, 0.15) is 16.2 Å². The molecule has 0 fully saturated rings. The van der Waals surface area contributed by atoms with Crippen molar-refractivity contribution in [3.8, 4) is 28.6 Å². The van der Waals surface area contributed by atoms with Crippen molar-refractivity contribution in [2.45, 2.75) is 13.1 Å². The highest BCUT2D eigenvalue weighted by atomic mass is 16.7. The molecule has 11 nitrogen and oxygen atoms in total. The van der Waals surface area contributed by atoms with E-state index in [-0.39, 0.29) is 42.5 Å². The van der Waals surface area contributed by atoms with Crippen molar-refractivity contribution in [2.75, 3.05) is 13.9 Å². The van der Waals surface area contributed by atoms with Gasteiger partial charge in [0.1, 0.15) is 12.3 Å². The Hall–Kier alpha value is -5.19. The molecule has 5 aromatic rings. The lowest BCUT2D eigenvalue weighted by Gasteiger charge is -2.14. The van der Waals surface area contributed by atoms with Gasteiger partial charge in [0.25, 0.3) is 5.56 Å². The number of carbonyl (C=O) groups is 1. The third-order valence-corrected chi connectivity index (χ3v) is 6.21. The molecular weight excluding hydrogens is 492 g/mol. The standard InChI is InChI=1S/C27H20N4O7/c1-35-18-9-5-8-17(10-18)21(32)13-30-20-12-23-22(36-15-37-23)11-19(20)26(33)31(27(30)34)14-24-28-25(29-38-24)16-6-3-2-4-7-16/h2-12H,13-15H2,1H3. The number of aromatic nitrogens is 4. The minimum atomic E-state index is -0.711. The zero-order chi connectivity index (χ0) is 26.2. The van der Waals surface area contributed by atoms with Gasteiger partial charge < -0.3 is 18.7 Å². The zero-order valence-electron chi connectivity index (χ0n) is 20.1. The number of hydrogen-bond donors (Lipinski definition) is 0. The normalized spacial score (nSPS) is 12.1. The SMILES string of the molecule is COc1cccc(C(=O)Cn2c(=O)n(Cc3nc(-c4ccccc4)no3)c(=O)c3cc4c(cc32)OCO4)c1. The van der Waals surface area contributed by atoms with Crippen molar-refractivity contribution in [3.05, 3.63) is 99.0 Å². The maximum atomic E-state index is 13.7. The molecule has 11 heteroatoms. The summed E-state index contributed by atoms with van der Waals surface area (Å²) in [5.41, 5.74) is 0.0202. The third kappa shape index (κ3) is 4.09. The topological polar surface area (TPSA) is 128 Å². The molecule has 0 aliphatic carbocycles. The number of benzene rings is 3. The van der Waals surface area contributed by atoms with Crippen molar-refractivity contribution in [1.82, 2.24) is 19.3 Å². The van der Waals surface area contributed by atoms with E-state index in [1.54, 1.807) is 24.3 Å². The minimum Gasteiger partial charge on any atom is -0.497 e. The van der Waals surface area contributed by atoms with Crippen LogP contribution in [0.3, 0.4) is 0 Å². The van der Waals surface area contributed by atoms with E-state index in [0.717, 1.165) is 10.1 Å². The summed E-state index contributed by atoms with van der Waals surface area (Å²) in [5, 5.41) is 4.14. The summed E-state index contributed by atoms with van der Waals surface area (Å²) in [4.78, 5) is 44.7. The Kier molecular flexibility index (Phi) is 5.72. The summed E-state index contributed by atoms with van der Waals surface area (Å²) in [7, 11) is 1.50.